The molecule has 0 bridgehead atoms. The number of amides is 3. The third-order valence-corrected chi connectivity index (χ3v) is 4.39. The van der Waals surface area contributed by atoms with Gasteiger partial charge in [0.1, 0.15) is 0 Å². The van der Waals surface area contributed by atoms with E-state index in [-0.39, 0.29) is 11.5 Å². The molecule has 0 aliphatic heterocycles. The monoisotopic (exact) mass is 441 g/mol. The lowest BCUT2D eigenvalue weighted by Gasteiger charge is -2.10. The molecule has 1 aromatic heterocycles. The lowest BCUT2D eigenvalue weighted by molar-refractivity contribution is -0.137. The van der Waals surface area contributed by atoms with Crippen molar-refractivity contribution in [3.8, 4) is 11.4 Å². The molecular weight excluding hydrogens is 427 g/mol. The number of rotatable bonds is 3. The topological polar surface area (TPSA) is 109 Å². The average Bonchev–Trinajstić information content (AvgIpc) is 3.27. The fourth-order valence-corrected chi connectivity index (χ4v) is 2.95. The molecule has 11 heteroatoms. The minimum atomic E-state index is -4.55. The van der Waals surface area contributed by atoms with Crippen molar-refractivity contribution in [1.82, 2.24) is 21.0 Å². The number of aromatic nitrogens is 2. The highest BCUT2D eigenvalue weighted by Crippen LogP contribution is 2.30. The highest BCUT2D eigenvalue weighted by molar-refractivity contribution is 5.97. The Kier molecular flexibility index (Phi) is 5.46. The number of halogens is 3. The number of hydrogen-bond donors (Lipinski definition) is 3. The fraction of sp³-hybridized carbons (Fsp3) is 0.0476. The number of fused-ring (bicyclic) bond motifs is 1. The maximum Gasteiger partial charge on any atom is 0.416 e. The van der Waals surface area contributed by atoms with Crippen LogP contribution in [-0.2, 0) is 6.18 Å². The van der Waals surface area contributed by atoms with E-state index < -0.39 is 29.6 Å². The standard InChI is InChI=1S/C21H14F3N5O3/c22-21(23,24)13-7-4-8-14(11-13)25-20(31)28-27-18(30)19-26-17(29-32-19)16-10-3-6-12-5-1-2-9-15(12)16/h1-11H,(H,27,30)(H2,25,28,31). The summed E-state index contributed by atoms with van der Waals surface area (Å²) in [7, 11) is 0. The normalized spacial score (nSPS) is 11.2. The smallest absolute Gasteiger partial charge is 0.328 e. The Balaban J connectivity index is 1.40. The number of urea groups is 1. The lowest BCUT2D eigenvalue weighted by Crippen LogP contribution is -2.44. The molecule has 3 amide bonds. The van der Waals surface area contributed by atoms with Gasteiger partial charge in [0.2, 0.25) is 5.82 Å². The van der Waals surface area contributed by atoms with Crippen molar-refractivity contribution in [3.63, 3.8) is 0 Å². The van der Waals surface area contributed by atoms with Gasteiger partial charge in [-0.2, -0.15) is 18.2 Å². The summed E-state index contributed by atoms with van der Waals surface area (Å²) in [5.41, 5.74) is 3.67. The van der Waals surface area contributed by atoms with Gasteiger partial charge in [0.05, 0.1) is 5.56 Å². The molecular formula is C21H14F3N5O3. The third kappa shape index (κ3) is 4.51. The Labute approximate surface area is 178 Å². The number of hydrogen-bond acceptors (Lipinski definition) is 5. The molecule has 3 aromatic carbocycles. The lowest BCUT2D eigenvalue weighted by atomic mass is 10.0. The van der Waals surface area contributed by atoms with Gasteiger partial charge in [0.25, 0.3) is 0 Å². The van der Waals surface area contributed by atoms with Gasteiger partial charge in [-0.3, -0.25) is 10.2 Å². The minimum Gasteiger partial charge on any atom is -0.328 e. The molecule has 1 heterocycles. The first-order valence-electron chi connectivity index (χ1n) is 9.18. The highest BCUT2D eigenvalue weighted by Gasteiger charge is 2.30. The van der Waals surface area contributed by atoms with Crippen molar-refractivity contribution in [3.05, 3.63) is 78.2 Å². The van der Waals surface area contributed by atoms with Crippen LogP contribution in [0.4, 0.5) is 23.7 Å². The zero-order valence-corrected chi connectivity index (χ0v) is 16.1. The van der Waals surface area contributed by atoms with Crippen LogP contribution in [0.3, 0.4) is 0 Å². The molecule has 0 spiro atoms. The van der Waals surface area contributed by atoms with E-state index in [1.54, 1.807) is 6.07 Å². The number of hydrazine groups is 1. The molecule has 0 saturated heterocycles. The van der Waals surface area contributed by atoms with Crippen LogP contribution < -0.4 is 16.2 Å². The van der Waals surface area contributed by atoms with Gasteiger partial charge in [-0.1, -0.05) is 53.7 Å². The van der Waals surface area contributed by atoms with Crippen molar-refractivity contribution in [2.45, 2.75) is 6.18 Å². The molecule has 8 nitrogen and oxygen atoms in total. The number of carbonyl (C=O) groups excluding carboxylic acids is 2. The van der Waals surface area contributed by atoms with Gasteiger partial charge < -0.3 is 9.84 Å². The molecule has 3 N–H and O–H groups in total. The van der Waals surface area contributed by atoms with Crippen LogP contribution in [0.5, 0.6) is 0 Å². The summed E-state index contributed by atoms with van der Waals surface area (Å²) in [5, 5.41) is 7.80. The summed E-state index contributed by atoms with van der Waals surface area (Å²) in [6, 6.07) is 16.1. The Hall–Kier alpha value is -4.41. The molecule has 0 radical (unpaired) electrons. The van der Waals surface area contributed by atoms with Crippen LogP contribution in [0.15, 0.2) is 71.3 Å². The molecule has 0 aliphatic rings. The van der Waals surface area contributed by atoms with Crippen molar-refractivity contribution in [2.24, 2.45) is 0 Å². The molecule has 0 unspecified atom stereocenters. The van der Waals surface area contributed by atoms with Crippen molar-refractivity contribution in [1.29, 1.82) is 0 Å². The van der Waals surface area contributed by atoms with Gasteiger partial charge in [-0.25, -0.2) is 10.2 Å². The summed E-state index contributed by atoms with van der Waals surface area (Å²) in [6.07, 6.45) is -4.55. The minimum absolute atomic E-state index is 0.109. The van der Waals surface area contributed by atoms with Crippen molar-refractivity contribution in [2.75, 3.05) is 5.32 Å². The summed E-state index contributed by atoms with van der Waals surface area (Å²) < 4.78 is 43.2. The highest BCUT2D eigenvalue weighted by atomic mass is 19.4. The predicted octanol–water partition coefficient (Wildman–Crippen LogP) is 4.38. The Morgan fingerprint density at radius 2 is 1.66 bits per heavy atom. The molecule has 4 aromatic rings. The second-order valence-electron chi connectivity index (χ2n) is 6.56. The van der Waals surface area contributed by atoms with Gasteiger partial charge in [0, 0.05) is 11.3 Å². The molecule has 32 heavy (non-hydrogen) atoms. The number of carbonyl (C=O) groups is 2. The first-order chi connectivity index (χ1) is 15.3. The van der Waals surface area contributed by atoms with E-state index in [4.69, 9.17) is 4.52 Å². The molecule has 0 atom stereocenters. The van der Waals surface area contributed by atoms with E-state index >= 15 is 0 Å². The number of nitrogens with zero attached hydrogens (tertiary/aromatic N) is 2. The largest absolute Gasteiger partial charge is 0.416 e. The Bertz CT molecular complexity index is 1300. The Morgan fingerprint density at radius 3 is 2.47 bits per heavy atom. The van der Waals surface area contributed by atoms with Crippen LogP contribution in [0.25, 0.3) is 22.2 Å². The van der Waals surface area contributed by atoms with Gasteiger partial charge in [0.15, 0.2) is 0 Å². The van der Waals surface area contributed by atoms with E-state index in [1.165, 1.54) is 6.07 Å². The quantitative estimate of drug-likeness (QED) is 0.409. The van der Waals surface area contributed by atoms with Crippen molar-refractivity contribution >= 4 is 28.4 Å². The van der Waals surface area contributed by atoms with E-state index in [1.807, 2.05) is 47.2 Å². The van der Waals surface area contributed by atoms with Gasteiger partial charge >= 0.3 is 24.0 Å². The second-order valence-corrected chi connectivity index (χ2v) is 6.56. The molecule has 0 fully saturated rings. The van der Waals surface area contributed by atoms with E-state index in [0.717, 1.165) is 29.0 Å². The van der Waals surface area contributed by atoms with E-state index in [9.17, 15) is 22.8 Å². The molecule has 4 rings (SSSR count). The SMILES string of the molecule is O=C(NNC(=O)c1nc(-c2cccc3ccccc23)no1)Nc1cccc(C(F)(F)F)c1. The van der Waals surface area contributed by atoms with E-state index in [2.05, 4.69) is 15.5 Å². The summed E-state index contributed by atoms with van der Waals surface area (Å²) >= 11 is 0. The Morgan fingerprint density at radius 1 is 0.906 bits per heavy atom. The number of benzene rings is 3. The summed E-state index contributed by atoms with van der Waals surface area (Å²) in [5.74, 6) is -1.13. The maximum atomic E-state index is 12.7. The summed E-state index contributed by atoms with van der Waals surface area (Å²) in [6.45, 7) is 0. The predicted molar refractivity (Wildman–Crippen MR) is 108 cm³/mol. The number of nitrogens with one attached hydrogen (secondary N) is 3. The van der Waals surface area contributed by atoms with Crippen LogP contribution in [-0.4, -0.2) is 22.1 Å². The first kappa shape index (κ1) is 20.8. The zero-order chi connectivity index (χ0) is 22.7. The van der Waals surface area contributed by atoms with Crippen LogP contribution >= 0.6 is 0 Å². The third-order valence-electron chi connectivity index (χ3n) is 4.39. The van der Waals surface area contributed by atoms with Gasteiger partial charge in [-0.05, 0) is 29.0 Å². The first-order valence-corrected chi connectivity index (χ1v) is 9.18. The molecule has 0 aliphatic carbocycles. The van der Waals surface area contributed by atoms with Gasteiger partial charge in [-0.15, -0.1) is 0 Å². The molecule has 162 valence electrons. The van der Waals surface area contributed by atoms with Crippen LogP contribution in [0.1, 0.15) is 16.2 Å². The second kappa shape index (κ2) is 8.38. The van der Waals surface area contributed by atoms with Crippen LogP contribution in [0.2, 0.25) is 0 Å². The molecule has 0 saturated carbocycles. The van der Waals surface area contributed by atoms with Crippen LogP contribution in [0, 0.1) is 0 Å². The summed E-state index contributed by atoms with van der Waals surface area (Å²) in [4.78, 5) is 28.1. The number of anilines is 1. The van der Waals surface area contributed by atoms with Crippen molar-refractivity contribution < 1.29 is 27.3 Å². The average molecular weight is 441 g/mol. The maximum absolute atomic E-state index is 12.7. The van der Waals surface area contributed by atoms with E-state index in [0.29, 0.717) is 5.56 Å². The zero-order valence-electron chi connectivity index (χ0n) is 16.1. The number of alkyl halides is 3. The fourth-order valence-electron chi connectivity index (χ4n) is 2.95.